The predicted molar refractivity (Wildman–Crippen MR) is 81.3 cm³/mol. The fourth-order valence-corrected chi connectivity index (χ4v) is 2.78. The third-order valence-electron chi connectivity index (χ3n) is 3.23. The molecule has 0 N–H and O–H groups in total. The summed E-state index contributed by atoms with van der Waals surface area (Å²) in [5.41, 5.74) is 2.76. The molecule has 0 heterocycles. The smallest absolute Gasteiger partial charge is 0.0395 e. The van der Waals surface area contributed by atoms with E-state index < -0.39 is 0 Å². The van der Waals surface area contributed by atoms with Crippen LogP contribution in [0.15, 0.2) is 24.3 Å². The first-order valence-corrected chi connectivity index (χ1v) is 7.71. The first-order chi connectivity index (χ1) is 8.22. The van der Waals surface area contributed by atoms with Gasteiger partial charge < -0.3 is 4.90 Å². The number of hydrogen-bond donors (Lipinski definition) is 0. The van der Waals surface area contributed by atoms with Crippen molar-refractivity contribution >= 4 is 21.6 Å². The molecule has 0 saturated heterocycles. The second-order valence-corrected chi connectivity index (χ2v) is 5.28. The van der Waals surface area contributed by atoms with Gasteiger partial charge in [0.15, 0.2) is 0 Å². The molecule has 1 unspecified atom stereocenters. The van der Waals surface area contributed by atoms with Gasteiger partial charge in [-0.15, -0.1) is 0 Å². The molecule has 0 aliphatic rings. The Kier molecular flexibility index (Phi) is 6.64. The molecule has 0 radical (unpaired) electrons. The minimum Gasteiger partial charge on any atom is -0.371 e. The molecular weight excluding hydrogens is 274 g/mol. The van der Waals surface area contributed by atoms with Crippen LogP contribution in [0.5, 0.6) is 0 Å². The number of rotatable bonds is 7. The Balaban J connectivity index is 2.74. The van der Waals surface area contributed by atoms with E-state index in [1.165, 1.54) is 24.1 Å². The summed E-state index contributed by atoms with van der Waals surface area (Å²) in [7, 11) is 0. The highest BCUT2D eigenvalue weighted by Crippen LogP contribution is 2.22. The molecule has 1 aromatic rings. The van der Waals surface area contributed by atoms with Gasteiger partial charge in [0.2, 0.25) is 0 Å². The maximum absolute atomic E-state index is 3.64. The second-order valence-electron chi connectivity index (χ2n) is 4.63. The standard InChI is InChI=1S/C15H24BrN/c1-4-8-14(11-16)12-17(5-2)15-10-7-6-9-13(15)3/h6-7,9-10,14H,4-5,8,11-12H2,1-3H3. The molecule has 1 nitrogen and oxygen atoms in total. The van der Waals surface area contributed by atoms with Crippen molar-refractivity contribution in [1.82, 2.24) is 0 Å². The first kappa shape index (κ1) is 14.6. The predicted octanol–water partition coefficient (Wildman–Crippen LogP) is 4.63. The number of anilines is 1. The summed E-state index contributed by atoms with van der Waals surface area (Å²) >= 11 is 3.64. The van der Waals surface area contributed by atoms with Crippen LogP contribution < -0.4 is 4.90 Å². The molecule has 96 valence electrons. The van der Waals surface area contributed by atoms with Gasteiger partial charge in [0.05, 0.1) is 0 Å². The molecule has 0 aromatic heterocycles. The number of alkyl halides is 1. The van der Waals surface area contributed by atoms with E-state index in [-0.39, 0.29) is 0 Å². The van der Waals surface area contributed by atoms with E-state index in [0.29, 0.717) is 0 Å². The number of hydrogen-bond acceptors (Lipinski definition) is 1. The van der Waals surface area contributed by atoms with Crippen LogP contribution in [0.1, 0.15) is 32.3 Å². The number of benzene rings is 1. The highest BCUT2D eigenvalue weighted by Gasteiger charge is 2.13. The monoisotopic (exact) mass is 297 g/mol. The van der Waals surface area contributed by atoms with Gasteiger partial charge in [-0.3, -0.25) is 0 Å². The van der Waals surface area contributed by atoms with E-state index in [1.807, 2.05) is 0 Å². The zero-order valence-electron chi connectivity index (χ0n) is 11.2. The van der Waals surface area contributed by atoms with Crippen molar-refractivity contribution in [2.75, 3.05) is 23.3 Å². The van der Waals surface area contributed by atoms with Crippen LogP contribution >= 0.6 is 15.9 Å². The number of para-hydroxylation sites is 1. The molecule has 0 bridgehead atoms. The molecule has 0 aliphatic heterocycles. The lowest BCUT2D eigenvalue weighted by Crippen LogP contribution is -2.30. The fourth-order valence-electron chi connectivity index (χ4n) is 2.25. The molecule has 1 rings (SSSR count). The normalized spacial score (nSPS) is 12.5. The Labute approximate surface area is 114 Å². The van der Waals surface area contributed by atoms with Crippen LogP contribution in [0.2, 0.25) is 0 Å². The Hall–Kier alpha value is -0.500. The number of aryl methyl sites for hydroxylation is 1. The fraction of sp³-hybridized carbons (Fsp3) is 0.600. The van der Waals surface area contributed by atoms with Crippen molar-refractivity contribution in [2.45, 2.75) is 33.6 Å². The third-order valence-corrected chi connectivity index (χ3v) is 4.15. The van der Waals surface area contributed by atoms with Gasteiger partial charge in [-0.25, -0.2) is 0 Å². The largest absolute Gasteiger partial charge is 0.371 e. The molecule has 17 heavy (non-hydrogen) atoms. The van der Waals surface area contributed by atoms with E-state index >= 15 is 0 Å². The first-order valence-electron chi connectivity index (χ1n) is 6.59. The molecule has 1 atom stereocenters. The summed E-state index contributed by atoms with van der Waals surface area (Å²) in [6, 6.07) is 8.67. The van der Waals surface area contributed by atoms with Crippen molar-refractivity contribution in [3.63, 3.8) is 0 Å². The van der Waals surface area contributed by atoms with Crippen molar-refractivity contribution in [3.05, 3.63) is 29.8 Å². The van der Waals surface area contributed by atoms with Crippen molar-refractivity contribution in [1.29, 1.82) is 0 Å². The summed E-state index contributed by atoms with van der Waals surface area (Å²) in [6.45, 7) is 8.93. The summed E-state index contributed by atoms with van der Waals surface area (Å²) in [4.78, 5) is 2.50. The lowest BCUT2D eigenvalue weighted by Gasteiger charge is -2.28. The zero-order chi connectivity index (χ0) is 12.7. The number of nitrogens with zero attached hydrogens (tertiary/aromatic N) is 1. The minimum absolute atomic E-state index is 0.750. The van der Waals surface area contributed by atoms with Crippen LogP contribution in [-0.2, 0) is 0 Å². The Morgan fingerprint density at radius 2 is 1.94 bits per heavy atom. The maximum Gasteiger partial charge on any atom is 0.0395 e. The van der Waals surface area contributed by atoms with Crippen LogP contribution in [-0.4, -0.2) is 18.4 Å². The van der Waals surface area contributed by atoms with Gasteiger partial charge in [-0.05, 0) is 37.8 Å². The third kappa shape index (κ3) is 4.34. The van der Waals surface area contributed by atoms with Crippen LogP contribution in [0.25, 0.3) is 0 Å². The van der Waals surface area contributed by atoms with Gasteiger partial charge in [0.25, 0.3) is 0 Å². The van der Waals surface area contributed by atoms with Gasteiger partial charge in [-0.2, -0.15) is 0 Å². The summed E-state index contributed by atoms with van der Waals surface area (Å²) in [5, 5.41) is 1.10. The van der Waals surface area contributed by atoms with E-state index in [0.717, 1.165) is 24.3 Å². The molecule has 0 fully saturated rings. The van der Waals surface area contributed by atoms with E-state index in [4.69, 9.17) is 0 Å². The summed E-state index contributed by atoms with van der Waals surface area (Å²) < 4.78 is 0. The summed E-state index contributed by atoms with van der Waals surface area (Å²) in [6.07, 6.45) is 2.56. The Morgan fingerprint density at radius 3 is 2.47 bits per heavy atom. The quantitative estimate of drug-likeness (QED) is 0.663. The number of halogens is 1. The van der Waals surface area contributed by atoms with Crippen molar-refractivity contribution < 1.29 is 0 Å². The average Bonchev–Trinajstić information content (AvgIpc) is 2.35. The molecule has 0 amide bonds. The Bertz CT molecular complexity index is 324. The molecule has 0 spiro atoms. The molecule has 0 aliphatic carbocycles. The van der Waals surface area contributed by atoms with Gasteiger partial charge in [0, 0.05) is 24.1 Å². The molecule has 1 aromatic carbocycles. The van der Waals surface area contributed by atoms with Crippen molar-refractivity contribution in [2.24, 2.45) is 5.92 Å². The van der Waals surface area contributed by atoms with Gasteiger partial charge in [0.1, 0.15) is 0 Å². The van der Waals surface area contributed by atoms with E-state index in [1.54, 1.807) is 0 Å². The Morgan fingerprint density at radius 1 is 1.24 bits per heavy atom. The van der Waals surface area contributed by atoms with Crippen molar-refractivity contribution in [3.8, 4) is 0 Å². The lowest BCUT2D eigenvalue weighted by atomic mass is 10.0. The van der Waals surface area contributed by atoms with Gasteiger partial charge >= 0.3 is 0 Å². The van der Waals surface area contributed by atoms with Crippen LogP contribution in [0.4, 0.5) is 5.69 Å². The molecule has 0 saturated carbocycles. The highest BCUT2D eigenvalue weighted by molar-refractivity contribution is 9.09. The van der Waals surface area contributed by atoms with E-state index in [9.17, 15) is 0 Å². The second kappa shape index (κ2) is 7.75. The van der Waals surface area contributed by atoms with Crippen LogP contribution in [0, 0.1) is 12.8 Å². The maximum atomic E-state index is 3.64. The minimum atomic E-state index is 0.750. The summed E-state index contributed by atoms with van der Waals surface area (Å²) in [5.74, 6) is 0.750. The van der Waals surface area contributed by atoms with Gasteiger partial charge in [-0.1, -0.05) is 47.5 Å². The average molecular weight is 298 g/mol. The zero-order valence-corrected chi connectivity index (χ0v) is 12.8. The lowest BCUT2D eigenvalue weighted by molar-refractivity contribution is 0.525. The van der Waals surface area contributed by atoms with Crippen LogP contribution in [0.3, 0.4) is 0 Å². The SMILES string of the molecule is CCCC(CBr)CN(CC)c1ccccc1C. The van der Waals surface area contributed by atoms with E-state index in [2.05, 4.69) is 65.9 Å². The molecular formula is C15H24BrN. The highest BCUT2D eigenvalue weighted by atomic mass is 79.9. The topological polar surface area (TPSA) is 3.24 Å². The molecule has 2 heteroatoms.